The van der Waals surface area contributed by atoms with Crippen LogP contribution in [0.1, 0.15) is 26.7 Å². The zero-order valence-corrected chi connectivity index (χ0v) is 18.8. The molecule has 1 aromatic heterocycles. The minimum absolute atomic E-state index is 0.243. The molecule has 3 nitrogen and oxygen atoms in total. The van der Waals surface area contributed by atoms with Gasteiger partial charge in [-0.1, -0.05) is 68.4 Å². The molecule has 32 heavy (non-hydrogen) atoms. The van der Waals surface area contributed by atoms with E-state index in [4.69, 9.17) is 4.98 Å². The van der Waals surface area contributed by atoms with Crippen LogP contribution in [0.4, 0.5) is 5.69 Å². The van der Waals surface area contributed by atoms with E-state index in [9.17, 15) is 5.11 Å². The quantitative estimate of drug-likeness (QED) is 0.321. The molecule has 0 atom stereocenters. The predicted octanol–water partition coefficient (Wildman–Crippen LogP) is 7.41. The molecular formula is C29H30N2O. The van der Waals surface area contributed by atoms with Gasteiger partial charge in [0.25, 0.3) is 0 Å². The highest BCUT2D eigenvalue weighted by molar-refractivity contribution is 5.77. The van der Waals surface area contributed by atoms with Crippen LogP contribution in [0.2, 0.25) is 0 Å². The number of hydrogen-bond donors (Lipinski definition) is 1. The minimum atomic E-state index is 0.243. The fourth-order valence-electron chi connectivity index (χ4n) is 4.04. The molecule has 3 heteroatoms. The van der Waals surface area contributed by atoms with Gasteiger partial charge in [0, 0.05) is 29.9 Å². The summed E-state index contributed by atoms with van der Waals surface area (Å²) in [7, 11) is 0. The summed E-state index contributed by atoms with van der Waals surface area (Å²) in [4.78, 5) is 7.36. The minimum Gasteiger partial charge on any atom is -0.508 e. The Balaban J connectivity index is 1.77. The van der Waals surface area contributed by atoms with Crippen molar-refractivity contribution < 1.29 is 5.11 Å². The van der Waals surface area contributed by atoms with Gasteiger partial charge in [-0.3, -0.25) is 0 Å². The van der Waals surface area contributed by atoms with Crippen molar-refractivity contribution in [2.75, 3.05) is 18.0 Å². The second kappa shape index (κ2) is 10.1. The largest absolute Gasteiger partial charge is 0.508 e. The van der Waals surface area contributed by atoms with Gasteiger partial charge < -0.3 is 10.0 Å². The normalized spacial score (nSPS) is 10.8. The molecule has 1 heterocycles. The van der Waals surface area contributed by atoms with Crippen LogP contribution >= 0.6 is 0 Å². The van der Waals surface area contributed by atoms with Crippen LogP contribution < -0.4 is 4.90 Å². The number of nitrogens with zero attached hydrogens (tertiary/aromatic N) is 2. The van der Waals surface area contributed by atoms with E-state index in [0.717, 1.165) is 59.6 Å². The zero-order chi connectivity index (χ0) is 22.3. The molecule has 4 aromatic rings. The lowest BCUT2D eigenvalue weighted by Gasteiger charge is -2.24. The molecule has 3 aromatic carbocycles. The number of aromatic nitrogens is 1. The highest BCUT2D eigenvalue weighted by Crippen LogP contribution is 2.32. The Hall–Kier alpha value is -3.59. The number of anilines is 1. The van der Waals surface area contributed by atoms with E-state index in [1.165, 1.54) is 5.69 Å². The molecule has 0 aliphatic carbocycles. The molecular weight excluding hydrogens is 392 g/mol. The third-order valence-electron chi connectivity index (χ3n) is 5.59. The van der Waals surface area contributed by atoms with Crippen molar-refractivity contribution in [1.82, 2.24) is 4.98 Å². The average Bonchev–Trinajstić information content (AvgIpc) is 2.84. The summed E-state index contributed by atoms with van der Waals surface area (Å²) < 4.78 is 0. The standard InChI is InChI=1S/C29H30N2O/c1-3-17-31(18-4-2)26-15-13-22(14-16-26)25-20-28(23-9-6-5-7-10-23)30-29(21-25)24-11-8-12-27(32)19-24/h5-16,19-21,32H,3-4,17-18H2,1-2H3. The molecule has 0 amide bonds. The molecule has 0 bridgehead atoms. The highest BCUT2D eigenvalue weighted by atomic mass is 16.3. The lowest BCUT2D eigenvalue weighted by Crippen LogP contribution is -2.24. The Morgan fingerprint density at radius 3 is 1.88 bits per heavy atom. The van der Waals surface area contributed by atoms with Crippen LogP contribution in [0.3, 0.4) is 0 Å². The Kier molecular flexibility index (Phi) is 6.86. The van der Waals surface area contributed by atoms with Gasteiger partial charge in [-0.15, -0.1) is 0 Å². The van der Waals surface area contributed by atoms with Gasteiger partial charge in [0.05, 0.1) is 11.4 Å². The van der Waals surface area contributed by atoms with Gasteiger partial charge in [0.1, 0.15) is 5.75 Å². The molecule has 4 rings (SSSR count). The third-order valence-corrected chi connectivity index (χ3v) is 5.59. The molecule has 0 saturated heterocycles. The van der Waals surface area contributed by atoms with Crippen LogP contribution in [-0.4, -0.2) is 23.2 Å². The van der Waals surface area contributed by atoms with Crippen LogP contribution in [0.25, 0.3) is 33.6 Å². The molecule has 162 valence electrons. The topological polar surface area (TPSA) is 36.4 Å². The van der Waals surface area contributed by atoms with Gasteiger partial charge >= 0.3 is 0 Å². The van der Waals surface area contributed by atoms with Crippen molar-refractivity contribution in [3.05, 3.63) is 91.0 Å². The van der Waals surface area contributed by atoms with E-state index in [0.29, 0.717) is 0 Å². The highest BCUT2D eigenvalue weighted by Gasteiger charge is 2.10. The van der Waals surface area contributed by atoms with Crippen molar-refractivity contribution in [3.8, 4) is 39.4 Å². The van der Waals surface area contributed by atoms with E-state index in [1.807, 2.05) is 30.3 Å². The lowest BCUT2D eigenvalue weighted by atomic mass is 9.99. The maximum atomic E-state index is 9.98. The number of pyridine rings is 1. The van der Waals surface area contributed by atoms with Crippen LogP contribution in [0.15, 0.2) is 91.0 Å². The smallest absolute Gasteiger partial charge is 0.116 e. The van der Waals surface area contributed by atoms with Crippen molar-refractivity contribution in [1.29, 1.82) is 0 Å². The van der Waals surface area contributed by atoms with Crippen molar-refractivity contribution in [2.45, 2.75) is 26.7 Å². The van der Waals surface area contributed by atoms with Crippen LogP contribution in [-0.2, 0) is 0 Å². The first-order valence-corrected chi connectivity index (χ1v) is 11.4. The molecule has 0 unspecified atom stereocenters. The summed E-state index contributed by atoms with van der Waals surface area (Å²) in [5, 5.41) is 9.98. The number of aromatic hydroxyl groups is 1. The second-order valence-corrected chi connectivity index (χ2v) is 8.08. The van der Waals surface area contributed by atoms with Gasteiger partial charge in [-0.2, -0.15) is 0 Å². The third kappa shape index (κ3) is 5.00. The van der Waals surface area contributed by atoms with E-state index in [2.05, 4.69) is 67.3 Å². The summed E-state index contributed by atoms with van der Waals surface area (Å²) in [6.07, 6.45) is 2.28. The molecule has 0 saturated carbocycles. The van der Waals surface area contributed by atoms with Gasteiger partial charge in [0.2, 0.25) is 0 Å². The predicted molar refractivity (Wildman–Crippen MR) is 135 cm³/mol. The summed E-state index contributed by atoms with van der Waals surface area (Å²) in [5.41, 5.74) is 7.28. The maximum absolute atomic E-state index is 9.98. The molecule has 1 N–H and O–H groups in total. The Morgan fingerprint density at radius 1 is 0.625 bits per heavy atom. The Bertz CT molecular complexity index is 1150. The van der Waals surface area contributed by atoms with Gasteiger partial charge in [-0.25, -0.2) is 4.98 Å². The summed E-state index contributed by atoms with van der Waals surface area (Å²) in [6.45, 7) is 6.59. The number of rotatable bonds is 8. The maximum Gasteiger partial charge on any atom is 0.116 e. The number of phenols is 1. The fourth-order valence-corrected chi connectivity index (χ4v) is 4.04. The van der Waals surface area contributed by atoms with E-state index < -0.39 is 0 Å². The van der Waals surface area contributed by atoms with Gasteiger partial charge in [0.15, 0.2) is 0 Å². The molecule has 0 radical (unpaired) electrons. The zero-order valence-electron chi connectivity index (χ0n) is 18.8. The molecule has 0 spiro atoms. The molecule has 0 aliphatic rings. The van der Waals surface area contributed by atoms with E-state index in [-0.39, 0.29) is 5.75 Å². The van der Waals surface area contributed by atoms with Crippen LogP contribution in [0, 0.1) is 0 Å². The SMILES string of the molecule is CCCN(CCC)c1ccc(-c2cc(-c3ccccc3)nc(-c3cccc(O)c3)c2)cc1. The Morgan fingerprint density at radius 2 is 1.25 bits per heavy atom. The number of phenolic OH excluding ortho intramolecular Hbond substituents is 1. The van der Waals surface area contributed by atoms with Crippen molar-refractivity contribution in [2.24, 2.45) is 0 Å². The summed E-state index contributed by atoms with van der Waals surface area (Å²) in [5.74, 6) is 0.243. The van der Waals surface area contributed by atoms with E-state index >= 15 is 0 Å². The number of hydrogen-bond acceptors (Lipinski definition) is 3. The fraction of sp³-hybridized carbons (Fsp3) is 0.207. The average molecular weight is 423 g/mol. The van der Waals surface area contributed by atoms with Gasteiger partial charge in [-0.05, 0) is 60.4 Å². The first kappa shape index (κ1) is 21.6. The summed E-state index contributed by atoms with van der Waals surface area (Å²) >= 11 is 0. The first-order valence-electron chi connectivity index (χ1n) is 11.4. The van der Waals surface area contributed by atoms with Crippen molar-refractivity contribution in [3.63, 3.8) is 0 Å². The Labute approximate surface area is 191 Å². The van der Waals surface area contributed by atoms with Crippen LogP contribution in [0.5, 0.6) is 5.75 Å². The lowest BCUT2D eigenvalue weighted by molar-refractivity contribution is 0.475. The first-order chi connectivity index (χ1) is 15.7. The second-order valence-electron chi connectivity index (χ2n) is 8.08. The monoisotopic (exact) mass is 422 g/mol. The summed E-state index contributed by atoms with van der Waals surface area (Å²) in [6, 6.07) is 30.6. The number of benzene rings is 3. The molecule has 0 fully saturated rings. The molecule has 0 aliphatic heterocycles. The van der Waals surface area contributed by atoms with Crippen molar-refractivity contribution >= 4 is 5.69 Å². The van der Waals surface area contributed by atoms with E-state index in [1.54, 1.807) is 12.1 Å².